The molecule has 34 heavy (non-hydrogen) atoms. The molecule has 6 nitrogen and oxygen atoms in total. The van der Waals surface area contributed by atoms with Gasteiger partial charge in [-0.1, -0.05) is 0 Å². The fraction of sp³-hybridized carbons (Fsp3) is 0. The summed E-state index contributed by atoms with van der Waals surface area (Å²) in [4.78, 5) is 22.1. The summed E-state index contributed by atoms with van der Waals surface area (Å²) in [6.45, 7) is 0. The van der Waals surface area contributed by atoms with E-state index in [1.54, 1.807) is 49.6 Å². The van der Waals surface area contributed by atoms with Crippen molar-refractivity contribution in [2.45, 2.75) is 0 Å². The maximum Gasteiger partial charge on any atom is 0.198 e. The van der Waals surface area contributed by atoms with Gasteiger partial charge in [-0.05, 0) is 69.4 Å². The summed E-state index contributed by atoms with van der Waals surface area (Å²) in [6.07, 6.45) is 14.1. The molecule has 2 N–H and O–H groups in total. The number of halogens is 6. The molecule has 0 aliphatic heterocycles. The quantitative estimate of drug-likeness (QED) is 0.0973. The lowest BCUT2D eigenvalue weighted by Crippen LogP contribution is -2.02. The largest absolute Gasteiger partial charge is 0.345 e. The van der Waals surface area contributed by atoms with Crippen LogP contribution in [-0.2, 0) is 0 Å². The second-order valence-electron chi connectivity index (χ2n) is 6.24. The molecule has 4 heterocycles. The Morgan fingerprint density at radius 2 is 1.00 bits per heavy atom. The zero-order chi connectivity index (χ0) is 24.5. The number of pyridine rings is 2. The Bertz CT molecular complexity index is 1130. The molecule has 0 saturated heterocycles. The van der Waals surface area contributed by atoms with Crippen molar-refractivity contribution >= 4 is 45.2 Å². The van der Waals surface area contributed by atoms with Crippen LogP contribution in [0.2, 0.25) is 0 Å². The average Bonchev–Trinajstić information content (AvgIpc) is 3.62. The molecule has 0 fully saturated rings. The molecule has 0 bridgehead atoms. The van der Waals surface area contributed by atoms with Crippen molar-refractivity contribution < 1.29 is 17.6 Å². The van der Waals surface area contributed by atoms with Gasteiger partial charge in [-0.3, -0.25) is 9.97 Å². The first-order chi connectivity index (χ1) is 16.4. The van der Waals surface area contributed by atoms with Gasteiger partial charge in [-0.25, -0.2) is 27.5 Å². The van der Waals surface area contributed by atoms with Crippen molar-refractivity contribution in [3.05, 3.63) is 104 Å². The van der Waals surface area contributed by atoms with Crippen molar-refractivity contribution in [2.24, 2.45) is 0 Å². The van der Waals surface area contributed by atoms with E-state index >= 15 is 0 Å². The second kappa shape index (κ2) is 12.5. The van der Waals surface area contributed by atoms with Crippen LogP contribution in [0.25, 0.3) is 22.8 Å². The number of benzene rings is 1. The van der Waals surface area contributed by atoms with Crippen molar-refractivity contribution in [2.75, 3.05) is 0 Å². The maximum absolute atomic E-state index is 12.6. The molecule has 5 aromatic rings. The van der Waals surface area contributed by atoms with Gasteiger partial charge in [0.15, 0.2) is 23.3 Å². The number of nitrogens with zero attached hydrogens (tertiary/aromatic N) is 4. The minimum atomic E-state index is -1.77. The van der Waals surface area contributed by atoms with Crippen LogP contribution in [0.3, 0.4) is 0 Å². The van der Waals surface area contributed by atoms with E-state index in [2.05, 4.69) is 29.9 Å². The predicted molar refractivity (Wildman–Crippen MR) is 135 cm³/mol. The zero-order valence-corrected chi connectivity index (χ0v) is 21.3. The monoisotopic (exact) mass is 692 g/mol. The Labute approximate surface area is 218 Å². The molecule has 0 amide bonds. The van der Waals surface area contributed by atoms with E-state index in [0.29, 0.717) is 0 Å². The first-order valence-corrected chi connectivity index (χ1v) is 11.5. The molecule has 1 aromatic carbocycles. The normalized spacial score (nSPS) is 10.1. The fourth-order valence-corrected chi connectivity index (χ4v) is 3.38. The maximum atomic E-state index is 12.6. The van der Waals surface area contributed by atoms with Crippen LogP contribution in [0, 0.1) is 30.4 Å². The van der Waals surface area contributed by atoms with Crippen LogP contribution in [0.5, 0.6) is 0 Å². The number of aromatic amines is 2. The third kappa shape index (κ3) is 6.59. The van der Waals surface area contributed by atoms with Gasteiger partial charge in [0.25, 0.3) is 0 Å². The smallest absolute Gasteiger partial charge is 0.198 e. The predicted octanol–water partition coefficient (Wildman–Crippen LogP) is 6.40. The molecule has 0 atom stereocenters. The third-order valence-electron chi connectivity index (χ3n) is 4.02. The molecule has 0 aliphatic carbocycles. The molecule has 174 valence electrons. The first kappa shape index (κ1) is 25.7. The van der Waals surface area contributed by atoms with Crippen LogP contribution < -0.4 is 0 Å². The zero-order valence-electron chi connectivity index (χ0n) is 17.0. The lowest BCUT2D eigenvalue weighted by atomic mass is 10.3. The van der Waals surface area contributed by atoms with E-state index in [4.69, 9.17) is 0 Å². The Morgan fingerprint density at radius 1 is 0.588 bits per heavy atom. The summed E-state index contributed by atoms with van der Waals surface area (Å²) in [5, 5.41) is 0. The van der Waals surface area contributed by atoms with Gasteiger partial charge in [0.2, 0.25) is 0 Å². The van der Waals surface area contributed by atoms with Crippen molar-refractivity contribution in [3.63, 3.8) is 0 Å². The SMILES string of the molecule is Fc1c(F)c(F)c(I)c(I)c1F.c1cncc(-c2ncc[nH]2)c1.c1cncc(-c2ncc[nH]2)c1. The highest BCUT2D eigenvalue weighted by Gasteiger charge is 2.22. The van der Waals surface area contributed by atoms with Gasteiger partial charge >= 0.3 is 0 Å². The fourth-order valence-electron chi connectivity index (χ4n) is 2.43. The van der Waals surface area contributed by atoms with Gasteiger partial charge < -0.3 is 9.97 Å². The minimum absolute atomic E-state index is 0.246. The Morgan fingerprint density at radius 3 is 1.29 bits per heavy atom. The molecule has 12 heteroatoms. The van der Waals surface area contributed by atoms with Crippen molar-refractivity contribution in [1.29, 1.82) is 0 Å². The number of imidazole rings is 2. The summed E-state index contributed by atoms with van der Waals surface area (Å²) >= 11 is 2.82. The number of H-pyrrole nitrogens is 2. The summed E-state index contributed by atoms with van der Waals surface area (Å²) < 4.78 is 49.7. The molecule has 0 radical (unpaired) electrons. The number of hydrogen-bond donors (Lipinski definition) is 2. The Hall–Kier alpha value is -2.88. The molecule has 0 spiro atoms. The topological polar surface area (TPSA) is 83.1 Å². The Kier molecular flexibility index (Phi) is 9.50. The number of rotatable bonds is 2. The van der Waals surface area contributed by atoms with Gasteiger partial charge in [-0.15, -0.1) is 0 Å². The molecule has 0 saturated carbocycles. The van der Waals surface area contributed by atoms with Gasteiger partial charge in [0.05, 0.1) is 7.14 Å². The highest BCUT2D eigenvalue weighted by atomic mass is 127. The number of hydrogen-bond acceptors (Lipinski definition) is 4. The first-order valence-electron chi connectivity index (χ1n) is 9.36. The van der Waals surface area contributed by atoms with E-state index in [0.717, 1.165) is 22.8 Å². The van der Waals surface area contributed by atoms with E-state index in [-0.39, 0.29) is 7.14 Å². The van der Waals surface area contributed by atoms with Crippen LogP contribution in [0.15, 0.2) is 73.8 Å². The molecular weight excluding hydrogens is 678 g/mol. The van der Waals surface area contributed by atoms with Gasteiger partial charge in [-0.2, -0.15) is 0 Å². The lowest BCUT2D eigenvalue weighted by molar-refractivity contribution is 0.402. The van der Waals surface area contributed by atoms with Crippen LogP contribution >= 0.6 is 45.2 Å². The number of aromatic nitrogens is 6. The molecular formula is C22H14F4I2N6. The number of nitrogens with one attached hydrogen (secondary N) is 2. The van der Waals surface area contributed by atoms with Crippen LogP contribution in [0.4, 0.5) is 17.6 Å². The highest BCUT2D eigenvalue weighted by molar-refractivity contribution is 14.1. The van der Waals surface area contributed by atoms with Crippen molar-refractivity contribution in [3.8, 4) is 22.8 Å². The van der Waals surface area contributed by atoms with E-state index in [1.165, 1.54) is 45.2 Å². The minimum Gasteiger partial charge on any atom is -0.345 e. The third-order valence-corrected chi connectivity index (χ3v) is 7.08. The van der Waals surface area contributed by atoms with Crippen LogP contribution in [-0.4, -0.2) is 29.9 Å². The van der Waals surface area contributed by atoms with Gasteiger partial charge in [0, 0.05) is 60.7 Å². The van der Waals surface area contributed by atoms with E-state index in [9.17, 15) is 17.6 Å². The molecule has 4 aromatic heterocycles. The van der Waals surface area contributed by atoms with Gasteiger partial charge in [0.1, 0.15) is 11.6 Å². The summed E-state index contributed by atoms with van der Waals surface area (Å²) in [5.41, 5.74) is 2.02. The molecule has 0 aliphatic rings. The van der Waals surface area contributed by atoms with E-state index < -0.39 is 23.3 Å². The summed E-state index contributed by atoms with van der Waals surface area (Å²) in [5.74, 6) is -4.51. The summed E-state index contributed by atoms with van der Waals surface area (Å²) in [6, 6.07) is 7.70. The molecule has 5 rings (SSSR count). The Balaban J connectivity index is 0.000000143. The van der Waals surface area contributed by atoms with Crippen LogP contribution in [0.1, 0.15) is 0 Å². The highest BCUT2D eigenvalue weighted by Crippen LogP contribution is 2.26. The van der Waals surface area contributed by atoms with Crippen molar-refractivity contribution in [1.82, 2.24) is 29.9 Å². The molecule has 0 unspecified atom stereocenters. The summed E-state index contributed by atoms with van der Waals surface area (Å²) in [7, 11) is 0. The lowest BCUT2D eigenvalue weighted by Gasteiger charge is -2.02. The average molecular weight is 692 g/mol. The van der Waals surface area contributed by atoms with E-state index in [1.807, 2.05) is 24.3 Å². The second-order valence-corrected chi connectivity index (χ2v) is 8.40. The standard InChI is InChI=1S/2C8H7N3.C6F4I2/c2*1-2-7(6-9-3-1)8-10-4-5-11-8;7-1-2(8)4(10)6(12)5(11)3(1)9/h2*1-6H,(H,10,11);.